The number of hydrogen-bond acceptors (Lipinski definition) is 3. The molecule has 3 nitrogen and oxygen atoms in total. The average molecular weight is 227 g/mol. The summed E-state index contributed by atoms with van der Waals surface area (Å²) in [4.78, 5) is 8.65. The first-order valence-electron chi connectivity index (χ1n) is 5.67. The predicted molar refractivity (Wildman–Crippen MR) is 70.8 cm³/mol. The Labute approximate surface area is 102 Å². The van der Waals surface area contributed by atoms with Gasteiger partial charge in [-0.2, -0.15) is 0 Å². The Hall–Kier alpha value is -1.90. The molecule has 0 aliphatic heterocycles. The van der Waals surface area contributed by atoms with Crippen LogP contribution in [0.5, 0.6) is 0 Å². The summed E-state index contributed by atoms with van der Waals surface area (Å²) in [5, 5.41) is 0. The molecule has 0 saturated heterocycles. The van der Waals surface area contributed by atoms with Crippen LogP contribution in [-0.4, -0.2) is 9.97 Å². The topological polar surface area (TPSA) is 51.8 Å². The van der Waals surface area contributed by atoms with Crippen molar-refractivity contribution in [2.75, 3.05) is 5.73 Å². The van der Waals surface area contributed by atoms with Crippen molar-refractivity contribution in [2.45, 2.75) is 27.7 Å². The Balaban J connectivity index is 2.64. The molecule has 1 heterocycles. The van der Waals surface area contributed by atoms with E-state index in [1.807, 2.05) is 13.8 Å². The summed E-state index contributed by atoms with van der Waals surface area (Å²) >= 11 is 0. The molecule has 88 valence electrons. The zero-order valence-electron chi connectivity index (χ0n) is 10.7. The predicted octanol–water partition coefficient (Wildman–Crippen LogP) is 2.96. The van der Waals surface area contributed by atoms with Gasteiger partial charge in [0.15, 0.2) is 0 Å². The highest BCUT2D eigenvalue weighted by molar-refractivity contribution is 5.68. The third kappa shape index (κ3) is 2.13. The molecule has 2 rings (SSSR count). The van der Waals surface area contributed by atoms with Crippen LogP contribution < -0.4 is 5.73 Å². The zero-order valence-corrected chi connectivity index (χ0v) is 10.7. The van der Waals surface area contributed by atoms with Crippen LogP contribution in [0, 0.1) is 27.7 Å². The maximum absolute atomic E-state index is 5.88. The van der Waals surface area contributed by atoms with Gasteiger partial charge >= 0.3 is 0 Å². The van der Waals surface area contributed by atoms with Crippen molar-refractivity contribution < 1.29 is 0 Å². The van der Waals surface area contributed by atoms with Gasteiger partial charge in [-0.1, -0.05) is 12.1 Å². The Bertz CT molecular complexity index is 574. The summed E-state index contributed by atoms with van der Waals surface area (Å²) < 4.78 is 0. The molecule has 0 radical (unpaired) electrons. The van der Waals surface area contributed by atoms with Gasteiger partial charge in [0, 0.05) is 11.1 Å². The molecule has 1 aromatic heterocycles. The normalized spacial score (nSPS) is 10.6. The number of aryl methyl sites for hydroxylation is 3. The molecule has 0 saturated carbocycles. The van der Waals surface area contributed by atoms with E-state index in [0.717, 1.165) is 16.8 Å². The first kappa shape index (κ1) is 11.6. The van der Waals surface area contributed by atoms with E-state index in [9.17, 15) is 0 Å². The standard InChI is InChI=1S/C14H17N3/c1-8-5-6-12(7-9(8)2)13-10(3)14(15)17-11(4)16-13/h5-7H,1-4H3,(H2,15,16,17). The second-order valence-electron chi connectivity index (χ2n) is 4.43. The number of hydrogen-bond donors (Lipinski definition) is 1. The minimum absolute atomic E-state index is 0.561. The fraction of sp³-hybridized carbons (Fsp3) is 0.286. The lowest BCUT2D eigenvalue weighted by Crippen LogP contribution is -2.02. The fourth-order valence-electron chi connectivity index (χ4n) is 1.82. The third-order valence-electron chi connectivity index (χ3n) is 3.08. The Kier molecular flexibility index (Phi) is 2.84. The molecule has 0 aliphatic carbocycles. The van der Waals surface area contributed by atoms with Crippen LogP contribution in [0.1, 0.15) is 22.5 Å². The van der Waals surface area contributed by atoms with Crippen LogP contribution in [0.25, 0.3) is 11.3 Å². The van der Waals surface area contributed by atoms with Gasteiger partial charge in [-0.05, 0) is 44.9 Å². The van der Waals surface area contributed by atoms with E-state index in [2.05, 4.69) is 42.0 Å². The van der Waals surface area contributed by atoms with E-state index >= 15 is 0 Å². The first-order valence-corrected chi connectivity index (χ1v) is 5.67. The van der Waals surface area contributed by atoms with Crippen LogP contribution >= 0.6 is 0 Å². The van der Waals surface area contributed by atoms with E-state index in [-0.39, 0.29) is 0 Å². The highest BCUT2D eigenvalue weighted by Crippen LogP contribution is 2.25. The SMILES string of the molecule is Cc1nc(N)c(C)c(-c2ccc(C)c(C)c2)n1. The second-order valence-corrected chi connectivity index (χ2v) is 4.43. The zero-order chi connectivity index (χ0) is 12.6. The molecule has 0 amide bonds. The molecule has 0 aliphatic rings. The van der Waals surface area contributed by atoms with Gasteiger partial charge in [-0.15, -0.1) is 0 Å². The van der Waals surface area contributed by atoms with E-state index in [1.165, 1.54) is 11.1 Å². The number of nitrogens with zero attached hydrogens (tertiary/aromatic N) is 2. The van der Waals surface area contributed by atoms with Crippen molar-refractivity contribution in [1.29, 1.82) is 0 Å². The molecule has 0 unspecified atom stereocenters. The minimum Gasteiger partial charge on any atom is -0.383 e. The van der Waals surface area contributed by atoms with Gasteiger partial charge in [0.2, 0.25) is 0 Å². The van der Waals surface area contributed by atoms with Crippen LogP contribution in [0.2, 0.25) is 0 Å². The lowest BCUT2D eigenvalue weighted by Gasteiger charge is -2.10. The molecule has 0 bridgehead atoms. The van der Waals surface area contributed by atoms with Gasteiger partial charge in [-0.25, -0.2) is 9.97 Å². The monoisotopic (exact) mass is 227 g/mol. The van der Waals surface area contributed by atoms with E-state index < -0.39 is 0 Å². The van der Waals surface area contributed by atoms with Gasteiger partial charge in [0.1, 0.15) is 11.6 Å². The summed E-state index contributed by atoms with van der Waals surface area (Å²) in [5.74, 6) is 1.27. The average Bonchev–Trinajstić information content (AvgIpc) is 2.27. The summed E-state index contributed by atoms with van der Waals surface area (Å²) in [6, 6.07) is 6.33. The Morgan fingerprint density at radius 1 is 0.941 bits per heavy atom. The van der Waals surface area contributed by atoms with Gasteiger partial charge in [0.05, 0.1) is 5.69 Å². The second kappa shape index (κ2) is 4.17. The number of anilines is 1. The van der Waals surface area contributed by atoms with Gasteiger partial charge in [-0.3, -0.25) is 0 Å². The van der Waals surface area contributed by atoms with E-state index in [1.54, 1.807) is 0 Å². The quantitative estimate of drug-likeness (QED) is 0.814. The molecule has 2 N–H and O–H groups in total. The van der Waals surface area contributed by atoms with Crippen molar-refractivity contribution in [2.24, 2.45) is 0 Å². The summed E-state index contributed by atoms with van der Waals surface area (Å²) in [5.41, 5.74) is 11.4. The Morgan fingerprint density at radius 3 is 2.29 bits per heavy atom. The lowest BCUT2D eigenvalue weighted by atomic mass is 10.0. The minimum atomic E-state index is 0.561. The number of nitrogens with two attached hydrogens (primary N) is 1. The van der Waals surface area contributed by atoms with Crippen molar-refractivity contribution in [1.82, 2.24) is 9.97 Å². The smallest absolute Gasteiger partial charge is 0.130 e. The maximum atomic E-state index is 5.88. The number of nitrogen functional groups attached to an aromatic ring is 1. The summed E-state index contributed by atoms with van der Waals surface area (Å²) in [6.45, 7) is 8.02. The van der Waals surface area contributed by atoms with Crippen molar-refractivity contribution in [3.63, 3.8) is 0 Å². The molecule has 2 aromatic rings. The molecule has 0 spiro atoms. The Morgan fingerprint density at radius 2 is 1.65 bits per heavy atom. The van der Waals surface area contributed by atoms with Crippen molar-refractivity contribution in [3.8, 4) is 11.3 Å². The molecular formula is C14H17N3. The molecule has 0 fully saturated rings. The molecular weight excluding hydrogens is 210 g/mol. The molecule has 1 aromatic carbocycles. The highest BCUT2D eigenvalue weighted by Gasteiger charge is 2.09. The maximum Gasteiger partial charge on any atom is 0.130 e. The fourth-order valence-corrected chi connectivity index (χ4v) is 1.82. The lowest BCUT2D eigenvalue weighted by molar-refractivity contribution is 1.05. The van der Waals surface area contributed by atoms with Crippen molar-refractivity contribution >= 4 is 5.82 Å². The molecule has 17 heavy (non-hydrogen) atoms. The first-order chi connectivity index (χ1) is 7.99. The number of aromatic nitrogens is 2. The van der Waals surface area contributed by atoms with Crippen LogP contribution in [0.3, 0.4) is 0 Å². The van der Waals surface area contributed by atoms with Crippen LogP contribution in [0.15, 0.2) is 18.2 Å². The van der Waals surface area contributed by atoms with Crippen LogP contribution in [-0.2, 0) is 0 Å². The number of benzene rings is 1. The van der Waals surface area contributed by atoms with Crippen molar-refractivity contribution in [3.05, 3.63) is 40.7 Å². The third-order valence-corrected chi connectivity index (χ3v) is 3.08. The largest absolute Gasteiger partial charge is 0.383 e. The number of rotatable bonds is 1. The van der Waals surface area contributed by atoms with Crippen LogP contribution in [0.4, 0.5) is 5.82 Å². The summed E-state index contributed by atoms with van der Waals surface area (Å²) in [7, 11) is 0. The highest BCUT2D eigenvalue weighted by atomic mass is 14.9. The van der Waals surface area contributed by atoms with E-state index in [0.29, 0.717) is 11.6 Å². The van der Waals surface area contributed by atoms with Gasteiger partial charge in [0.25, 0.3) is 0 Å². The van der Waals surface area contributed by atoms with E-state index in [4.69, 9.17) is 5.73 Å². The van der Waals surface area contributed by atoms with Gasteiger partial charge < -0.3 is 5.73 Å². The summed E-state index contributed by atoms with van der Waals surface area (Å²) in [6.07, 6.45) is 0. The molecule has 3 heteroatoms. The molecule has 0 atom stereocenters.